The van der Waals surface area contributed by atoms with Gasteiger partial charge < -0.3 is 14.1 Å². The average molecular weight is 467 g/mol. The molecule has 32 heavy (non-hydrogen) atoms. The van der Waals surface area contributed by atoms with Crippen molar-refractivity contribution < 1.29 is 13.9 Å². The molecule has 0 radical (unpaired) electrons. The number of hydrogen-bond acceptors (Lipinski definition) is 7. The fourth-order valence-electron chi connectivity index (χ4n) is 4.02. The van der Waals surface area contributed by atoms with Crippen molar-refractivity contribution >= 4 is 39.3 Å². The predicted molar refractivity (Wildman–Crippen MR) is 127 cm³/mol. The Morgan fingerprint density at radius 2 is 2.06 bits per heavy atom. The summed E-state index contributed by atoms with van der Waals surface area (Å²) in [5, 5.41) is 3.18. The van der Waals surface area contributed by atoms with Crippen LogP contribution in [-0.4, -0.2) is 22.5 Å². The van der Waals surface area contributed by atoms with Crippen LogP contribution in [0.1, 0.15) is 47.2 Å². The van der Waals surface area contributed by atoms with Gasteiger partial charge in [0.25, 0.3) is 5.56 Å². The summed E-state index contributed by atoms with van der Waals surface area (Å²) in [6.45, 7) is 2.04. The van der Waals surface area contributed by atoms with Crippen molar-refractivity contribution in [1.82, 2.24) is 9.97 Å². The Morgan fingerprint density at radius 3 is 2.91 bits per heavy atom. The maximum atomic E-state index is 12.9. The van der Waals surface area contributed by atoms with E-state index >= 15 is 0 Å². The molecule has 3 aromatic heterocycles. The largest absolute Gasteiger partial charge is 0.460 e. The number of thioether (sulfide) groups is 1. The molecule has 0 fully saturated rings. The van der Waals surface area contributed by atoms with Crippen molar-refractivity contribution in [3.8, 4) is 11.1 Å². The highest BCUT2D eigenvalue weighted by molar-refractivity contribution is 7.98. The lowest BCUT2D eigenvalue weighted by Gasteiger charge is -2.16. The summed E-state index contributed by atoms with van der Waals surface area (Å²) in [4.78, 5) is 32.9. The molecule has 0 spiro atoms. The smallest absolute Gasteiger partial charge is 0.374 e. The van der Waals surface area contributed by atoms with Crippen LogP contribution in [0.5, 0.6) is 0 Å². The molecule has 6 nitrogen and oxygen atoms in total. The van der Waals surface area contributed by atoms with E-state index in [2.05, 4.69) is 28.2 Å². The van der Waals surface area contributed by atoms with Gasteiger partial charge in [-0.3, -0.25) is 4.79 Å². The van der Waals surface area contributed by atoms with Crippen LogP contribution in [0.25, 0.3) is 21.3 Å². The van der Waals surface area contributed by atoms with E-state index in [1.165, 1.54) is 47.1 Å². The number of esters is 1. The van der Waals surface area contributed by atoms with Crippen molar-refractivity contribution in [3.63, 3.8) is 0 Å². The number of furan rings is 1. The van der Waals surface area contributed by atoms with E-state index in [1.807, 2.05) is 5.38 Å². The summed E-state index contributed by atoms with van der Waals surface area (Å²) in [7, 11) is 0. The van der Waals surface area contributed by atoms with Crippen molar-refractivity contribution in [2.24, 2.45) is 0 Å². The Balaban J connectivity index is 1.37. The molecule has 0 amide bonds. The molecule has 0 bridgehead atoms. The first-order valence-electron chi connectivity index (χ1n) is 10.6. The van der Waals surface area contributed by atoms with E-state index in [0.717, 1.165) is 28.8 Å². The summed E-state index contributed by atoms with van der Waals surface area (Å²) in [6, 6.07) is 9.88. The number of hydrogen-bond donors (Lipinski definition) is 1. The minimum Gasteiger partial charge on any atom is -0.460 e. The number of nitrogens with zero attached hydrogens (tertiary/aromatic N) is 1. The standard InChI is InChI=1S/C24H22N2O4S2/c1-2-29-23(28)19-10-9-17(30-19)12-32-24-25-21(27)20-18(13-31-22(20)26-24)16-8-7-14-5-3-4-6-15(14)11-16/h7-11,13H,2-6,12H2,1H3,(H,25,26,27). The highest BCUT2D eigenvalue weighted by Crippen LogP contribution is 2.34. The van der Waals surface area contributed by atoms with Crippen LogP contribution in [0.3, 0.4) is 0 Å². The summed E-state index contributed by atoms with van der Waals surface area (Å²) in [6.07, 6.45) is 4.71. The van der Waals surface area contributed by atoms with Crippen molar-refractivity contribution in [2.75, 3.05) is 6.61 Å². The third-order valence-electron chi connectivity index (χ3n) is 5.57. The Hall–Kier alpha value is -2.84. The Labute approximate surface area is 193 Å². The van der Waals surface area contributed by atoms with Gasteiger partial charge in [-0.25, -0.2) is 9.78 Å². The second kappa shape index (κ2) is 8.96. The van der Waals surface area contributed by atoms with Gasteiger partial charge in [-0.05, 0) is 61.4 Å². The van der Waals surface area contributed by atoms with Gasteiger partial charge in [0, 0.05) is 10.9 Å². The minimum absolute atomic E-state index is 0.141. The number of carbonyl (C=O) groups excluding carboxylic acids is 1. The zero-order chi connectivity index (χ0) is 22.1. The van der Waals surface area contributed by atoms with E-state index in [0.29, 0.717) is 28.7 Å². The van der Waals surface area contributed by atoms with E-state index in [9.17, 15) is 9.59 Å². The van der Waals surface area contributed by atoms with Gasteiger partial charge in [0.1, 0.15) is 10.6 Å². The molecular weight excluding hydrogens is 444 g/mol. The fraction of sp³-hybridized carbons (Fsp3) is 0.292. The first-order valence-corrected chi connectivity index (χ1v) is 12.5. The molecule has 0 saturated carbocycles. The normalized spacial score (nSPS) is 13.3. The van der Waals surface area contributed by atoms with Gasteiger partial charge in [-0.15, -0.1) is 11.3 Å². The van der Waals surface area contributed by atoms with Crippen molar-refractivity contribution in [2.45, 2.75) is 43.5 Å². The molecular formula is C24H22N2O4S2. The van der Waals surface area contributed by atoms with Gasteiger partial charge >= 0.3 is 5.97 Å². The van der Waals surface area contributed by atoms with Gasteiger partial charge in [0.2, 0.25) is 5.76 Å². The number of thiophene rings is 1. The van der Waals surface area contributed by atoms with Crippen molar-refractivity contribution in [1.29, 1.82) is 0 Å². The van der Waals surface area contributed by atoms with Crippen LogP contribution in [0.4, 0.5) is 0 Å². The van der Waals surface area contributed by atoms with Gasteiger partial charge in [-0.1, -0.05) is 30.0 Å². The van der Waals surface area contributed by atoms with Crippen molar-refractivity contribution in [3.05, 3.63) is 68.7 Å². The van der Waals surface area contributed by atoms with Gasteiger partial charge in [0.05, 0.1) is 17.7 Å². The summed E-state index contributed by atoms with van der Waals surface area (Å²) in [5.41, 5.74) is 4.69. The maximum Gasteiger partial charge on any atom is 0.374 e. The number of ether oxygens (including phenoxy) is 1. The van der Waals surface area contributed by atoms with Gasteiger partial charge in [0.15, 0.2) is 5.16 Å². The number of carbonyl (C=O) groups is 1. The molecule has 4 aromatic rings. The predicted octanol–water partition coefficient (Wildman–Crippen LogP) is 5.59. The summed E-state index contributed by atoms with van der Waals surface area (Å²) >= 11 is 2.84. The Morgan fingerprint density at radius 1 is 1.22 bits per heavy atom. The number of rotatable bonds is 6. The van der Waals surface area contributed by atoms with Gasteiger partial charge in [-0.2, -0.15) is 0 Å². The Bertz CT molecular complexity index is 1350. The maximum absolute atomic E-state index is 12.9. The SMILES string of the molecule is CCOC(=O)c1ccc(CSc2nc3scc(-c4ccc5c(c4)CCCC5)c3c(=O)[nH]2)o1. The monoisotopic (exact) mass is 466 g/mol. The number of aromatic nitrogens is 2. The average Bonchev–Trinajstić information content (AvgIpc) is 3.45. The first kappa shape index (κ1) is 21.0. The number of H-pyrrole nitrogens is 1. The second-order valence-corrected chi connectivity index (χ2v) is 9.49. The first-order chi connectivity index (χ1) is 15.6. The number of fused-ring (bicyclic) bond motifs is 2. The second-order valence-electron chi connectivity index (χ2n) is 7.67. The Kier molecular flexibility index (Phi) is 5.89. The third kappa shape index (κ3) is 4.12. The molecule has 3 heterocycles. The lowest BCUT2D eigenvalue weighted by Crippen LogP contribution is -2.09. The zero-order valence-corrected chi connectivity index (χ0v) is 19.2. The molecule has 0 atom stereocenters. The molecule has 1 N–H and O–H groups in total. The van der Waals surface area contributed by atoms with E-state index in [1.54, 1.807) is 19.1 Å². The molecule has 5 rings (SSSR count). The molecule has 0 aliphatic heterocycles. The number of aryl methyl sites for hydroxylation is 2. The van der Waals surface area contributed by atoms with Crippen LogP contribution in [-0.2, 0) is 23.3 Å². The van der Waals surface area contributed by atoms with Crippen LogP contribution < -0.4 is 5.56 Å². The molecule has 1 aliphatic rings. The lowest BCUT2D eigenvalue weighted by atomic mass is 9.89. The number of nitrogens with one attached hydrogen (secondary N) is 1. The zero-order valence-electron chi connectivity index (χ0n) is 17.6. The highest BCUT2D eigenvalue weighted by atomic mass is 32.2. The number of aromatic amines is 1. The van der Waals surface area contributed by atoms with Crippen LogP contribution in [0, 0.1) is 0 Å². The molecule has 1 aromatic carbocycles. The molecule has 164 valence electrons. The van der Waals surface area contributed by atoms with Crippen LogP contribution >= 0.6 is 23.1 Å². The number of benzene rings is 1. The highest BCUT2D eigenvalue weighted by Gasteiger charge is 2.17. The molecule has 1 aliphatic carbocycles. The third-order valence-corrected chi connectivity index (χ3v) is 7.34. The van der Waals surface area contributed by atoms with E-state index in [-0.39, 0.29) is 11.3 Å². The fourth-order valence-corrected chi connectivity index (χ4v) is 5.78. The van der Waals surface area contributed by atoms with E-state index < -0.39 is 5.97 Å². The van der Waals surface area contributed by atoms with E-state index in [4.69, 9.17) is 9.15 Å². The topological polar surface area (TPSA) is 85.2 Å². The molecule has 0 unspecified atom stereocenters. The van der Waals surface area contributed by atoms with Crippen LogP contribution in [0.15, 0.2) is 50.1 Å². The molecule has 0 saturated heterocycles. The summed E-state index contributed by atoms with van der Waals surface area (Å²) in [5.74, 6) is 0.746. The summed E-state index contributed by atoms with van der Waals surface area (Å²) < 4.78 is 10.5. The lowest BCUT2D eigenvalue weighted by molar-refractivity contribution is 0.0488. The molecule has 8 heteroatoms. The van der Waals surface area contributed by atoms with Crippen LogP contribution in [0.2, 0.25) is 0 Å². The minimum atomic E-state index is -0.481. The quantitative estimate of drug-likeness (QED) is 0.226.